The number of amides is 2. The Morgan fingerprint density at radius 3 is 2.62 bits per heavy atom. The van der Waals surface area contributed by atoms with Gasteiger partial charge in [0.2, 0.25) is 0 Å². The second-order valence-electron chi connectivity index (χ2n) is 5.39. The van der Waals surface area contributed by atoms with Gasteiger partial charge in [-0.05, 0) is 31.0 Å². The van der Waals surface area contributed by atoms with E-state index in [1.165, 1.54) is 0 Å². The van der Waals surface area contributed by atoms with Crippen LogP contribution >= 0.6 is 11.6 Å². The summed E-state index contributed by atoms with van der Waals surface area (Å²) in [7, 11) is 3.53. The van der Waals surface area contributed by atoms with Gasteiger partial charge in [-0.15, -0.1) is 0 Å². The lowest BCUT2D eigenvalue weighted by molar-refractivity contribution is 0.158. The van der Waals surface area contributed by atoms with Crippen molar-refractivity contribution in [3.8, 4) is 6.07 Å². The van der Waals surface area contributed by atoms with Crippen LogP contribution in [0.3, 0.4) is 0 Å². The second-order valence-corrected chi connectivity index (χ2v) is 5.80. The van der Waals surface area contributed by atoms with Gasteiger partial charge < -0.3 is 15.1 Å². The second kappa shape index (κ2) is 6.68. The van der Waals surface area contributed by atoms with Gasteiger partial charge in [-0.25, -0.2) is 4.79 Å². The number of rotatable bonds is 2. The minimum absolute atomic E-state index is 0.0601. The van der Waals surface area contributed by atoms with Crippen molar-refractivity contribution >= 4 is 23.3 Å². The molecule has 2 rings (SSSR count). The Morgan fingerprint density at radius 2 is 2.10 bits per heavy atom. The lowest BCUT2D eigenvalue weighted by atomic mass is 10.0. The Bertz CT molecular complexity index is 559. The Labute approximate surface area is 130 Å². The number of halogens is 1. The zero-order chi connectivity index (χ0) is 15.4. The van der Waals surface area contributed by atoms with E-state index >= 15 is 0 Å². The van der Waals surface area contributed by atoms with E-state index in [1.54, 1.807) is 31.1 Å². The Balaban J connectivity index is 1.92. The summed E-state index contributed by atoms with van der Waals surface area (Å²) in [5.41, 5.74) is 1.39. The molecule has 1 aliphatic rings. The highest BCUT2D eigenvalue weighted by molar-refractivity contribution is 6.33. The van der Waals surface area contributed by atoms with Crippen molar-refractivity contribution in [3.63, 3.8) is 0 Å². The minimum Gasteiger partial charge on any atom is -0.381 e. The molecule has 0 saturated carbocycles. The number of nitrogens with one attached hydrogen (secondary N) is 1. The molecule has 1 aromatic carbocycles. The highest BCUT2D eigenvalue weighted by atomic mass is 35.5. The summed E-state index contributed by atoms with van der Waals surface area (Å²) in [6.45, 7) is 1.48. The third kappa shape index (κ3) is 3.79. The van der Waals surface area contributed by atoms with E-state index in [0.717, 1.165) is 31.6 Å². The molecule has 6 heteroatoms. The molecule has 0 aliphatic carbocycles. The fourth-order valence-electron chi connectivity index (χ4n) is 2.42. The summed E-state index contributed by atoms with van der Waals surface area (Å²) in [6.07, 6.45) is 1.77. The van der Waals surface area contributed by atoms with Crippen molar-refractivity contribution in [1.29, 1.82) is 5.26 Å². The zero-order valence-corrected chi connectivity index (χ0v) is 13.0. The van der Waals surface area contributed by atoms with E-state index in [2.05, 4.69) is 11.4 Å². The average molecular weight is 307 g/mol. The number of urea groups is 1. The number of likely N-dealkylation sites (tertiary alicyclic amines) is 1. The summed E-state index contributed by atoms with van der Waals surface area (Å²) in [5, 5.41) is 12.8. The molecule has 0 atom stereocenters. The van der Waals surface area contributed by atoms with Crippen molar-refractivity contribution in [2.24, 2.45) is 0 Å². The molecule has 1 heterocycles. The maximum Gasteiger partial charge on any atom is 0.319 e. The average Bonchev–Trinajstić information content (AvgIpc) is 2.49. The number of hydrogen-bond donors (Lipinski definition) is 1. The van der Waals surface area contributed by atoms with Gasteiger partial charge >= 0.3 is 6.03 Å². The fourth-order valence-corrected chi connectivity index (χ4v) is 2.65. The fraction of sp³-hybridized carbons (Fsp3) is 0.467. The van der Waals surface area contributed by atoms with E-state index in [-0.39, 0.29) is 6.03 Å². The van der Waals surface area contributed by atoms with Crippen LogP contribution in [0.1, 0.15) is 18.4 Å². The van der Waals surface area contributed by atoms with Crippen molar-refractivity contribution in [2.75, 3.05) is 32.5 Å². The quantitative estimate of drug-likeness (QED) is 0.914. The first-order valence-electron chi connectivity index (χ1n) is 6.93. The molecule has 1 aromatic rings. The van der Waals surface area contributed by atoms with Gasteiger partial charge in [-0.2, -0.15) is 5.26 Å². The van der Waals surface area contributed by atoms with Gasteiger partial charge in [0, 0.05) is 33.2 Å². The molecule has 1 N–H and O–H groups in total. The van der Waals surface area contributed by atoms with Crippen molar-refractivity contribution < 1.29 is 4.79 Å². The molecule has 21 heavy (non-hydrogen) atoms. The molecule has 0 radical (unpaired) electrons. The van der Waals surface area contributed by atoms with Gasteiger partial charge in [-0.1, -0.05) is 11.6 Å². The topological polar surface area (TPSA) is 59.4 Å². The first kappa shape index (κ1) is 15.5. The molecule has 1 saturated heterocycles. The molecule has 2 amide bonds. The van der Waals surface area contributed by atoms with Crippen molar-refractivity contribution in [3.05, 3.63) is 28.8 Å². The summed E-state index contributed by atoms with van der Waals surface area (Å²) < 4.78 is 0. The lowest BCUT2D eigenvalue weighted by Crippen LogP contribution is -2.46. The largest absolute Gasteiger partial charge is 0.381 e. The van der Waals surface area contributed by atoms with Crippen LogP contribution < -0.4 is 5.32 Å². The zero-order valence-electron chi connectivity index (χ0n) is 12.3. The molecule has 1 fully saturated rings. The Morgan fingerprint density at radius 1 is 1.43 bits per heavy atom. The number of piperidine rings is 1. The van der Waals surface area contributed by atoms with Crippen LogP contribution in [0.25, 0.3) is 0 Å². The molecule has 0 aromatic heterocycles. The number of carbonyl (C=O) groups is 1. The highest BCUT2D eigenvalue weighted by Gasteiger charge is 2.23. The molecule has 0 spiro atoms. The molecule has 112 valence electrons. The van der Waals surface area contributed by atoms with Crippen LogP contribution in [0.2, 0.25) is 5.02 Å². The first-order chi connectivity index (χ1) is 10.0. The number of carbonyl (C=O) groups excluding carboxylic acids is 1. The molecule has 1 aliphatic heterocycles. The van der Waals surface area contributed by atoms with E-state index < -0.39 is 0 Å². The third-order valence-electron chi connectivity index (χ3n) is 3.61. The van der Waals surface area contributed by atoms with Crippen LogP contribution in [-0.2, 0) is 0 Å². The smallest absolute Gasteiger partial charge is 0.319 e. The van der Waals surface area contributed by atoms with Crippen LogP contribution in [0.5, 0.6) is 0 Å². The molecular formula is C15H19ClN4O. The van der Waals surface area contributed by atoms with E-state index in [9.17, 15) is 4.79 Å². The number of anilines is 1. The molecule has 0 bridgehead atoms. The predicted molar refractivity (Wildman–Crippen MR) is 83.5 cm³/mol. The summed E-state index contributed by atoms with van der Waals surface area (Å²) in [4.78, 5) is 15.3. The first-order valence-corrected chi connectivity index (χ1v) is 7.31. The maximum absolute atomic E-state index is 11.9. The van der Waals surface area contributed by atoms with E-state index in [4.69, 9.17) is 16.9 Å². The van der Waals surface area contributed by atoms with Gasteiger partial charge in [0.15, 0.2) is 0 Å². The number of hydrogen-bond acceptors (Lipinski definition) is 3. The van der Waals surface area contributed by atoms with Crippen LogP contribution in [0, 0.1) is 11.3 Å². The van der Waals surface area contributed by atoms with E-state index in [0.29, 0.717) is 16.6 Å². The van der Waals surface area contributed by atoms with Gasteiger partial charge in [-0.3, -0.25) is 0 Å². The van der Waals surface area contributed by atoms with Crippen molar-refractivity contribution in [2.45, 2.75) is 18.9 Å². The lowest BCUT2D eigenvalue weighted by Gasteiger charge is -2.34. The third-order valence-corrected chi connectivity index (χ3v) is 3.92. The van der Waals surface area contributed by atoms with Crippen LogP contribution in [0.15, 0.2) is 18.2 Å². The summed E-state index contributed by atoms with van der Waals surface area (Å²) in [5.74, 6) is 0. The maximum atomic E-state index is 11.9. The minimum atomic E-state index is 0.0601. The Kier molecular flexibility index (Phi) is 4.92. The monoisotopic (exact) mass is 306 g/mol. The Hall–Kier alpha value is -1.93. The normalized spacial score (nSPS) is 15.4. The summed E-state index contributed by atoms with van der Waals surface area (Å²) >= 11 is 6.16. The van der Waals surface area contributed by atoms with E-state index in [1.807, 2.05) is 11.0 Å². The van der Waals surface area contributed by atoms with Crippen LogP contribution in [-0.4, -0.2) is 49.1 Å². The molecule has 0 unspecified atom stereocenters. The standard InChI is InChI=1S/C15H19ClN4O/c1-19(2)15(21)20-7-5-12(6-8-20)18-14-4-3-11(10-17)9-13(14)16/h3-4,9,12,18H,5-8H2,1-2H3. The highest BCUT2D eigenvalue weighted by Crippen LogP contribution is 2.25. The van der Waals surface area contributed by atoms with Gasteiger partial charge in [0.05, 0.1) is 22.3 Å². The van der Waals surface area contributed by atoms with Gasteiger partial charge in [0.25, 0.3) is 0 Å². The summed E-state index contributed by atoms with van der Waals surface area (Å²) in [6, 6.07) is 7.66. The molecule has 5 nitrogen and oxygen atoms in total. The van der Waals surface area contributed by atoms with Crippen LogP contribution in [0.4, 0.5) is 10.5 Å². The predicted octanol–water partition coefficient (Wildman–Crippen LogP) is 2.77. The molecular weight excluding hydrogens is 288 g/mol. The number of nitrogens with zero attached hydrogens (tertiary/aromatic N) is 3. The SMILES string of the molecule is CN(C)C(=O)N1CCC(Nc2ccc(C#N)cc2Cl)CC1. The number of benzene rings is 1. The number of nitriles is 1. The van der Waals surface area contributed by atoms with Gasteiger partial charge in [0.1, 0.15) is 0 Å². The van der Waals surface area contributed by atoms with Crippen molar-refractivity contribution in [1.82, 2.24) is 9.80 Å².